The summed E-state index contributed by atoms with van der Waals surface area (Å²) in [6.45, 7) is -0.317. The zero-order valence-corrected chi connectivity index (χ0v) is 14.3. The second-order valence-electron chi connectivity index (χ2n) is 5.79. The highest BCUT2D eigenvalue weighted by Crippen LogP contribution is 2.11. The number of aliphatic hydroxyl groups excluding tert-OH is 1. The number of nitrogens with one attached hydrogen (secondary N) is 2. The number of amides is 2. The standard InChI is InChI=1S/C18H18N4O5/c23-11-17(25)20-8-12-5-6-19-13(7-12)9-21-16(24)10-22-14-3-1-2-4-15(14)27-18(22)26/h1-7,23H,8-11H2,(H,20,25)(H,21,24). The number of pyridine rings is 1. The van der Waals surface area contributed by atoms with Gasteiger partial charge >= 0.3 is 5.76 Å². The van der Waals surface area contributed by atoms with Gasteiger partial charge in [-0.05, 0) is 29.8 Å². The molecule has 0 spiro atoms. The van der Waals surface area contributed by atoms with Crippen LogP contribution < -0.4 is 16.4 Å². The van der Waals surface area contributed by atoms with Gasteiger partial charge in [-0.25, -0.2) is 4.79 Å². The van der Waals surface area contributed by atoms with Gasteiger partial charge in [-0.3, -0.25) is 19.1 Å². The summed E-state index contributed by atoms with van der Waals surface area (Å²) in [5.74, 6) is -1.42. The molecule has 0 fully saturated rings. The molecule has 9 heteroatoms. The number of benzene rings is 1. The van der Waals surface area contributed by atoms with Crippen molar-refractivity contribution < 1.29 is 19.1 Å². The lowest BCUT2D eigenvalue weighted by molar-refractivity contribution is -0.124. The summed E-state index contributed by atoms with van der Waals surface area (Å²) in [5, 5.41) is 13.9. The highest BCUT2D eigenvalue weighted by atomic mass is 16.4. The predicted molar refractivity (Wildman–Crippen MR) is 95.5 cm³/mol. The number of aromatic nitrogens is 2. The van der Waals surface area contributed by atoms with Gasteiger partial charge in [-0.15, -0.1) is 0 Å². The summed E-state index contributed by atoms with van der Waals surface area (Å²) in [5.41, 5.74) is 2.36. The number of carbonyl (C=O) groups excluding carboxylic acids is 2. The molecule has 0 aliphatic carbocycles. The molecule has 0 unspecified atom stereocenters. The first-order chi connectivity index (χ1) is 13.1. The van der Waals surface area contributed by atoms with Crippen LogP contribution in [0.4, 0.5) is 0 Å². The summed E-state index contributed by atoms with van der Waals surface area (Å²) in [6.07, 6.45) is 1.57. The molecule has 0 radical (unpaired) electrons. The molecule has 0 bridgehead atoms. The van der Waals surface area contributed by atoms with Gasteiger partial charge in [0.2, 0.25) is 11.8 Å². The van der Waals surface area contributed by atoms with Crippen LogP contribution in [0.5, 0.6) is 0 Å². The highest BCUT2D eigenvalue weighted by molar-refractivity contribution is 5.79. The Hall–Kier alpha value is -3.46. The largest absolute Gasteiger partial charge is 0.420 e. The predicted octanol–water partition coefficient (Wildman–Crippen LogP) is -0.0856. The van der Waals surface area contributed by atoms with Gasteiger partial charge in [0, 0.05) is 12.7 Å². The molecular weight excluding hydrogens is 352 g/mol. The van der Waals surface area contributed by atoms with Crippen molar-refractivity contribution in [2.24, 2.45) is 0 Å². The van der Waals surface area contributed by atoms with Crippen LogP contribution in [0.25, 0.3) is 11.1 Å². The van der Waals surface area contributed by atoms with Crippen molar-refractivity contribution in [2.75, 3.05) is 6.61 Å². The van der Waals surface area contributed by atoms with E-state index in [0.717, 1.165) is 5.56 Å². The molecule has 3 rings (SSSR count). The van der Waals surface area contributed by atoms with Crippen LogP contribution >= 0.6 is 0 Å². The van der Waals surface area contributed by atoms with Crippen molar-refractivity contribution in [1.82, 2.24) is 20.2 Å². The van der Waals surface area contributed by atoms with E-state index >= 15 is 0 Å². The lowest BCUT2D eigenvalue weighted by atomic mass is 10.2. The molecule has 0 saturated heterocycles. The zero-order valence-electron chi connectivity index (χ0n) is 14.3. The molecule has 2 amide bonds. The van der Waals surface area contributed by atoms with Crippen LogP contribution in [-0.4, -0.2) is 33.1 Å². The highest BCUT2D eigenvalue weighted by Gasteiger charge is 2.12. The number of oxazole rings is 1. The van der Waals surface area contributed by atoms with E-state index in [1.165, 1.54) is 4.57 Å². The monoisotopic (exact) mass is 370 g/mol. The van der Waals surface area contributed by atoms with Gasteiger partial charge in [0.25, 0.3) is 0 Å². The maximum atomic E-state index is 12.2. The lowest BCUT2D eigenvalue weighted by Crippen LogP contribution is -2.30. The molecule has 2 heterocycles. The Bertz CT molecular complexity index is 1020. The van der Waals surface area contributed by atoms with Crippen LogP contribution in [0.1, 0.15) is 11.3 Å². The van der Waals surface area contributed by atoms with Crippen LogP contribution in [-0.2, 0) is 29.2 Å². The van der Waals surface area contributed by atoms with E-state index in [1.54, 1.807) is 42.6 Å². The maximum Gasteiger partial charge on any atom is 0.420 e. The first-order valence-corrected chi connectivity index (χ1v) is 8.23. The number of aliphatic hydroxyl groups is 1. The number of rotatable bonds is 7. The number of carbonyl (C=O) groups is 2. The Morgan fingerprint density at radius 2 is 1.89 bits per heavy atom. The average molecular weight is 370 g/mol. The third-order valence-electron chi connectivity index (χ3n) is 3.86. The number of para-hydroxylation sites is 2. The van der Waals surface area contributed by atoms with Crippen molar-refractivity contribution in [2.45, 2.75) is 19.6 Å². The fourth-order valence-electron chi connectivity index (χ4n) is 2.54. The van der Waals surface area contributed by atoms with Crippen LogP contribution in [0.2, 0.25) is 0 Å². The van der Waals surface area contributed by atoms with Crippen molar-refractivity contribution in [1.29, 1.82) is 0 Å². The van der Waals surface area contributed by atoms with Gasteiger partial charge in [0.1, 0.15) is 13.2 Å². The number of nitrogens with zero attached hydrogens (tertiary/aromatic N) is 2. The van der Waals surface area contributed by atoms with Crippen LogP contribution in [0.15, 0.2) is 51.8 Å². The normalized spacial score (nSPS) is 10.7. The Kier molecular flexibility index (Phi) is 5.62. The molecular formula is C18H18N4O5. The molecule has 1 aromatic carbocycles. The second kappa shape index (κ2) is 8.28. The minimum absolute atomic E-state index is 0.165. The summed E-state index contributed by atoms with van der Waals surface area (Å²) in [6, 6.07) is 10.3. The third-order valence-corrected chi connectivity index (χ3v) is 3.86. The molecule has 27 heavy (non-hydrogen) atoms. The molecule has 0 saturated carbocycles. The molecule has 0 aliphatic heterocycles. The van der Waals surface area contributed by atoms with E-state index in [9.17, 15) is 14.4 Å². The fraction of sp³-hybridized carbons (Fsp3) is 0.222. The van der Waals surface area contributed by atoms with Crippen molar-refractivity contribution in [3.05, 3.63) is 64.4 Å². The summed E-state index contributed by atoms with van der Waals surface area (Å²) in [4.78, 5) is 39.3. The van der Waals surface area contributed by atoms with Gasteiger partial charge < -0.3 is 20.2 Å². The number of fused-ring (bicyclic) bond motifs is 1. The van der Waals surface area contributed by atoms with E-state index in [1.807, 2.05) is 0 Å². The Balaban J connectivity index is 1.60. The quantitative estimate of drug-likeness (QED) is 0.534. The SMILES string of the molecule is O=C(CO)NCc1ccnc(CNC(=O)Cn2c(=O)oc3ccccc32)c1. The minimum Gasteiger partial charge on any atom is -0.408 e. The smallest absolute Gasteiger partial charge is 0.408 e. The van der Waals surface area contributed by atoms with E-state index in [4.69, 9.17) is 9.52 Å². The van der Waals surface area contributed by atoms with Crippen LogP contribution in [0.3, 0.4) is 0 Å². The first kappa shape index (κ1) is 18.3. The molecule has 0 atom stereocenters. The molecule has 3 N–H and O–H groups in total. The molecule has 140 valence electrons. The minimum atomic E-state index is -0.592. The van der Waals surface area contributed by atoms with Crippen molar-refractivity contribution in [3.8, 4) is 0 Å². The fourth-order valence-corrected chi connectivity index (χ4v) is 2.54. The van der Waals surface area contributed by atoms with Gasteiger partial charge in [-0.1, -0.05) is 12.1 Å². The van der Waals surface area contributed by atoms with Gasteiger partial charge in [0.05, 0.1) is 17.8 Å². The Morgan fingerprint density at radius 3 is 2.70 bits per heavy atom. The molecule has 2 aromatic heterocycles. The van der Waals surface area contributed by atoms with E-state index in [2.05, 4.69) is 15.6 Å². The van der Waals surface area contributed by atoms with Crippen LogP contribution in [0, 0.1) is 0 Å². The Morgan fingerprint density at radius 1 is 1.11 bits per heavy atom. The van der Waals surface area contributed by atoms with Gasteiger partial charge in [-0.2, -0.15) is 0 Å². The summed E-state index contributed by atoms with van der Waals surface area (Å²) < 4.78 is 6.36. The van der Waals surface area contributed by atoms with E-state index < -0.39 is 18.3 Å². The molecule has 9 nitrogen and oxygen atoms in total. The Labute approximate surface area is 153 Å². The van der Waals surface area contributed by atoms with E-state index in [0.29, 0.717) is 16.8 Å². The summed E-state index contributed by atoms with van der Waals surface area (Å²) in [7, 11) is 0. The zero-order chi connectivity index (χ0) is 19.2. The average Bonchev–Trinajstić information content (AvgIpc) is 3.00. The molecule has 3 aromatic rings. The maximum absolute atomic E-state index is 12.2. The number of hydrogen-bond acceptors (Lipinski definition) is 6. The number of hydrogen-bond donors (Lipinski definition) is 3. The third kappa shape index (κ3) is 4.59. The topological polar surface area (TPSA) is 126 Å². The van der Waals surface area contributed by atoms with Crippen molar-refractivity contribution >= 4 is 22.9 Å². The second-order valence-corrected chi connectivity index (χ2v) is 5.79. The van der Waals surface area contributed by atoms with Crippen molar-refractivity contribution in [3.63, 3.8) is 0 Å². The lowest BCUT2D eigenvalue weighted by Gasteiger charge is -2.08. The molecule has 0 aliphatic rings. The van der Waals surface area contributed by atoms with Gasteiger partial charge in [0.15, 0.2) is 5.58 Å². The van der Waals surface area contributed by atoms with E-state index in [-0.39, 0.29) is 25.5 Å². The first-order valence-electron chi connectivity index (χ1n) is 8.23. The summed E-state index contributed by atoms with van der Waals surface area (Å²) >= 11 is 0.